The highest BCUT2D eigenvalue weighted by atomic mass is 35.5. The van der Waals surface area contributed by atoms with Crippen molar-refractivity contribution >= 4 is 17.5 Å². The maximum absolute atomic E-state index is 12.7. The minimum Gasteiger partial charge on any atom is -0.396 e. The van der Waals surface area contributed by atoms with Crippen LogP contribution in [0, 0.1) is 5.41 Å². The number of amides is 1. The third-order valence-corrected chi connectivity index (χ3v) is 5.02. The van der Waals surface area contributed by atoms with Gasteiger partial charge in [0.15, 0.2) is 0 Å². The predicted molar refractivity (Wildman–Crippen MR) is 88.8 cm³/mol. The van der Waals surface area contributed by atoms with E-state index >= 15 is 0 Å². The van der Waals surface area contributed by atoms with Gasteiger partial charge < -0.3 is 19.6 Å². The van der Waals surface area contributed by atoms with E-state index in [4.69, 9.17) is 16.3 Å². The van der Waals surface area contributed by atoms with Crippen molar-refractivity contribution in [2.75, 3.05) is 52.5 Å². The van der Waals surface area contributed by atoms with E-state index in [0.717, 1.165) is 32.6 Å². The largest absolute Gasteiger partial charge is 0.396 e. The van der Waals surface area contributed by atoms with Gasteiger partial charge in [0.1, 0.15) is 0 Å². The molecule has 0 aliphatic carbocycles. The number of halogens is 1. The summed E-state index contributed by atoms with van der Waals surface area (Å²) >= 11 is 6.14. The van der Waals surface area contributed by atoms with Crippen LogP contribution in [0.4, 0.5) is 0 Å². The first-order chi connectivity index (χ1) is 11.1. The van der Waals surface area contributed by atoms with Crippen LogP contribution in [0.2, 0.25) is 5.02 Å². The number of nitrogens with zero attached hydrogens (tertiary/aromatic N) is 2. The molecule has 0 aromatic heterocycles. The standard InChI is InChI=1S/C17H23ClN2O3/c18-15-5-2-1-4-14(15)16(22)20-7-3-6-19(8-9-20)10-17(11-21)12-23-13-17/h1-2,4-5,21H,3,6-13H2. The number of aliphatic hydroxyl groups excluding tert-OH is 1. The van der Waals surface area contributed by atoms with Crippen LogP contribution in [-0.4, -0.2) is 73.4 Å². The number of hydrogen-bond acceptors (Lipinski definition) is 4. The lowest BCUT2D eigenvalue weighted by Gasteiger charge is -2.43. The Morgan fingerprint density at radius 1 is 1.22 bits per heavy atom. The Balaban J connectivity index is 1.60. The molecule has 5 nitrogen and oxygen atoms in total. The summed E-state index contributed by atoms with van der Waals surface area (Å²) in [5.74, 6) is 0.00120. The lowest BCUT2D eigenvalue weighted by molar-refractivity contribution is -0.147. The molecule has 1 aromatic rings. The minimum atomic E-state index is -0.109. The van der Waals surface area contributed by atoms with Gasteiger partial charge in [-0.15, -0.1) is 0 Å². The van der Waals surface area contributed by atoms with Crippen molar-refractivity contribution in [2.24, 2.45) is 5.41 Å². The summed E-state index contributed by atoms with van der Waals surface area (Å²) in [6, 6.07) is 7.20. The molecule has 2 aliphatic heterocycles. The van der Waals surface area contributed by atoms with E-state index in [0.29, 0.717) is 30.3 Å². The Kier molecular flexibility index (Phi) is 5.21. The van der Waals surface area contributed by atoms with Crippen LogP contribution < -0.4 is 0 Å². The highest BCUT2D eigenvalue weighted by Crippen LogP contribution is 2.28. The molecule has 0 radical (unpaired) electrons. The average molecular weight is 339 g/mol. The third-order valence-electron chi connectivity index (χ3n) is 4.69. The van der Waals surface area contributed by atoms with Crippen molar-refractivity contribution < 1.29 is 14.6 Å². The van der Waals surface area contributed by atoms with Crippen molar-refractivity contribution in [1.29, 1.82) is 0 Å². The highest BCUT2D eigenvalue weighted by molar-refractivity contribution is 6.33. The number of ether oxygens (including phenoxy) is 1. The van der Waals surface area contributed by atoms with Crippen molar-refractivity contribution in [3.8, 4) is 0 Å². The molecule has 2 fully saturated rings. The van der Waals surface area contributed by atoms with Gasteiger partial charge in [-0.3, -0.25) is 4.79 Å². The first-order valence-corrected chi connectivity index (χ1v) is 8.46. The predicted octanol–water partition coefficient (Wildman–Crippen LogP) is 1.50. The second-order valence-electron chi connectivity index (χ2n) is 6.55. The molecule has 2 heterocycles. The second kappa shape index (κ2) is 7.18. The molecule has 2 aliphatic rings. The number of benzene rings is 1. The SMILES string of the molecule is O=C(c1ccccc1Cl)N1CCCN(CC2(CO)COC2)CC1. The van der Waals surface area contributed by atoms with E-state index in [-0.39, 0.29) is 17.9 Å². The third kappa shape index (κ3) is 3.69. The maximum Gasteiger partial charge on any atom is 0.255 e. The fourth-order valence-electron chi connectivity index (χ4n) is 3.23. The fraction of sp³-hybridized carbons (Fsp3) is 0.588. The van der Waals surface area contributed by atoms with Gasteiger partial charge >= 0.3 is 0 Å². The van der Waals surface area contributed by atoms with Crippen LogP contribution in [0.25, 0.3) is 0 Å². The van der Waals surface area contributed by atoms with Gasteiger partial charge in [0.25, 0.3) is 5.91 Å². The summed E-state index contributed by atoms with van der Waals surface area (Å²) in [6.45, 7) is 5.43. The number of carbonyl (C=O) groups excluding carboxylic acids is 1. The summed E-state index contributed by atoms with van der Waals surface area (Å²) < 4.78 is 5.27. The summed E-state index contributed by atoms with van der Waals surface area (Å²) in [7, 11) is 0. The van der Waals surface area contributed by atoms with Crippen LogP contribution in [-0.2, 0) is 4.74 Å². The molecule has 0 atom stereocenters. The molecule has 0 bridgehead atoms. The molecular weight excluding hydrogens is 316 g/mol. The van der Waals surface area contributed by atoms with Gasteiger partial charge in [-0.25, -0.2) is 0 Å². The number of aliphatic hydroxyl groups is 1. The summed E-state index contributed by atoms with van der Waals surface area (Å²) in [4.78, 5) is 16.9. The molecule has 6 heteroatoms. The molecule has 1 N–H and O–H groups in total. The molecule has 0 unspecified atom stereocenters. The van der Waals surface area contributed by atoms with Crippen LogP contribution in [0.5, 0.6) is 0 Å². The summed E-state index contributed by atoms with van der Waals surface area (Å²) in [6.07, 6.45) is 0.929. The maximum atomic E-state index is 12.7. The summed E-state index contributed by atoms with van der Waals surface area (Å²) in [5, 5.41) is 10.1. The van der Waals surface area contributed by atoms with Crippen LogP contribution in [0.3, 0.4) is 0 Å². The average Bonchev–Trinajstić information content (AvgIpc) is 2.76. The van der Waals surface area contributed by atoms with Gasteiger partial charge in [-0.05, 0) is 25.1 Å². The Hall–Kier alpha value is -1.14. The van der Waals surface area contributed by atoms with Crippen LogP contribution >= 0.6 is 11.6 Å². The van der Waals surface area contributed by atoms with E-state index in [2.05, 4.69) is 4.90 Å². The van der Waals surface area contributed by atoms with E-state index in [9.17, 15) is 9.90 Å². The zero-order chi connectivity index (χ0) is 16.3. The van der Waals surface area contributed by atoms with Gasteiger partial charge in [0, 0.05) is 26.2 Å². The molecule has 0 saturated carbocycles. The van der Waals surface area contributed by atoms with E-state index in [1.54, 1.807) is 12.1 Å². The Morgan fingerprint density at radius 2 is 2.00 bits per heavy atom. The normalized spacial score (nSPS) is 21.6. The Bertz CT molecular complexity index is 557. The van der Waals surface area contributed by atoms with Crippen molar-refractivity contribution in [3.63, 3.8) is 0 Å². The van der Waals surface area contributed by atoms with Gasteiger partial charge in [-0.2, -0.15) is 0 Å². The van der Waals surface area contributed by atoms with Gasteiger partial charge in [0.05, 0.1) is 35.8 Å². The fourth-order valence-corrected chi connectivity index (χ4v) is 3.45. The van der Waals surface area contributed by atoms with E-state index in [1.165, 1.54) is 0 Å². The van der Waals surface area contributed by atoms with Crippen LogP contribution in [0.15, 0.2) is 24.3 Å². The molecule has 1 aromatic carbocycles. The monoisotopic (exact) mass is 338 g/mol. The van der Waals surface area contributed by atoms with E-state index in [1.807, 2.05) is 17.0 Å². The first kappa shape index (κ1) is 16.7. The van der Waals surface area contributed by atoms with Gasteiger partial charge in [-0.1, -0.05) is 23.7 Å². The number of rotatable bonds is 4. The Labute approximate surface area is 141 Å². The molecule has 3 rings (SSSR count). The molecule has 2 saturated heterocycles. The lowest BCUT2D eigenvalue weighted by Crippen LogP contribution is -2.53. The molecular formula is C17H23ClN2O3. The molecule has 1 amide bonds. The van der Waals surface area contributed by atoms with Crippen molar-refractivity contribution in [1.82, 2.24) is 9.80 Å². The quantitative estimate of drug-likeness (QED) is 0.904. The second-order valence-corrected chi connectivity index (χ2v) is 6.96. The van der Waals surface area contributed by atoms with Gasteiger partial charge in [0.2, 0.25) is 0 Å². The number of carbonyl (C=O) groups is 1. The van der Waals surface area contributed by atoms with Crippen LogP contribution in [0.1, 0.15) is 16.8 Å². The first-order valence-electron chi connectivity index (χ1n) is 8.08. The zero-order valence-electron chi connectivity index (χ0n) is 13.2. The smallest absolute Gasteiger partial charge is 0.255 e. The molecule has 126 valence electrons. The lowest BCUT2D eigenvalue weighted by atomic mass is 9.86. The molecule has 23 heavy (non-hydrogen) atoms. The minimum absolute atomic E-state index is 0.00120. The zero-order valence-corrected chi connectivity index (χ0v) is 14.0. The van der Waals surface area contributed by atoms with Crippen molar-refractivity contribution in [2.45, 2.75) is 6.42 Å². The number of hydrogen-bond donors (Lipinski definition) is 1. The molecule has 0 spiro atoms. The topological polar surface area (TPSA) is 53.0 Å². The van der Waals surface area contributed by atoms with E-state index < -0.39 is 0 Å². The van der Waals surface area contributed by atoms with Crippen molar-refractivity contribution in [3.05, 3.63) is 34.9 Å². The summed E-state index contributed by atoms with van der Waals surface area (Å²) in [5.41, 5.74) is 0.462. The Morgan fingerprint density at radius 3 is 2.65 bits per heavy atom. The highest BCUT2D eigenvalue weighted by Gasteiger charge is 2.39.